The summed E-state index contributed by atoms with van der Waals surface area (Å²) in [6.07, 6.45) is 3.37. The summed E-state index contributed by atoms with van der Waals surface area (Å²) >= 11 is 0. The fourth-order valence-corrected chi connectivity index (χ4v) is 1.86. The van der Waals surface area contributed by atoms with Crippen LogP contribution in [0.25, 0.3) is 0 Å². The third-order valence-corrected chi connectivity index (χ3v) is 2.83. The van der Waals surface area contributed by atoms with Gasteiger partial charge in [-0.05, 0) is 40.0 Å². The van der Waals surface area contributed by atoms with Gasteiger partial charge in [0.15, 0.2) is 0 Å². The molecule has 130 valence electrons. The lowest BCUT2D eigenvalue weighted by molar-refractivity contribution is -0.385. The number of methoxy groups -OCH3 is 1. The molecule has 0 aliphatic rings. The highest BCUT2D eigenvalue weighted by Crippen LogP contribution is 2.24. The van der Waals surface area contributed by atoms with Crippen molar-refractivity contribution in [3.05, 3.63) is 16.3 Å². The highest BCUT2D eigenvalue weighted by Gasteiger charge is 2.19. The minimum Gasteiger partial charge on any atom is -0.475 e. The number of hydrogen-bond acceptors (Lipinski definition) is 6. The van der Waals surface area contributed by atoms with Gasteiger partial charge in [0.25, 0.3) is 0 Å². The number of nitro groups is 1. The molecule has 9 nitrogen and oxygen atoms in total. The standard InChI is InChI=1S/C14H24N4O5/c1-14(2,3)23-13(19)15-8-6-5-7-9-17-10-11(18(20)21)12(16-17)22-4/h10H,5-9H2,1-4H3,(H,15,19). The number of carbonyl (C=O) groups is 1. The Morgan fingerprint density at radius 1 is 1.39 bits per heavy atom. The van der Waals surface area contributed by atoms with Crippen LogP contribution in [0.3, 0.4) is 0 Å². The van der Waals surface area contributed by atoms with Crippen molar-refractivity contribution in [2.45, 2.75) is 52.2 Å². The van der Waals surface area contributed by atoms with Crippen LogP contribution in [0, 0.1) is 10.1 Å². The molecular formula is C14H24N4O5. The van der Waals surface area contributed by atoms with E-state index in [4.69, 9.17) is 9.47 Å². The Labute approximate surface area is 135 Å². The Kier molecular flexibility index (Phi) is 6.80. The summed E-state index contributed by atoms with van der Waals surface area (Å²) in [4.78, 5) is 21.7. The first-order valence-electron chi connectivity index (χ1n) is 7.45. The number of rotatable bonds is 8. The Morgan fingerprint density at radius 2 is 2.09 bits per heavy atom. The maximum absolute atomic E-state index is 11.4. The summed E-state index contributed by atoms with van der Waals surface area (Å²) in [5.74, 6) is 0.0154. The van der Waals surface area contributed by atoms with E-state index in [0.717, 1.165) is 19.3 Å². The van der Waals surface area contributed by atoms with Crippen LogP contribution in [0.1, 0.15) is 40.0 Å². The number of aryl methyl sites for hydroxylation is 1. The zero-order chi connectivity index (χ0) is 17.5. The van der Waals surface area contributed by atoms with E-state index in [-0.39, 0.29) is 11.6 Å². The topological polar surface area (TPSA) is 109 Å². The van der Waals surface area contributed by atoms with Crippen molar-refractivity contribution in [3.63, 3.8) is 0 Å². The van der Waals surface area contributed by atoms with Crippen molar-refractivity contribution in [1.82, 2.24) is 15.1 Å². The monoisotopic (exact) mass is 328 g/mol. The smallest absolute Gasteiger partial charge is 0.407 e. The second-order valence-corrected chi connectivity index (χ2v) is 6.03. The summed E-state index contributed by atoms with van der Waals surface area (Å²) in [7, 11) is 1.35. The first-order chi connectivity index (χ1) is 10.7. The third kappa shape index (κ3) is 6.98. The molecule has 0 aromatic carbocycles. The number of nitrogens with zero attached hydrogens (tertiary/aromatic N) is 3. The molecule has 0 atom stereocenters. The fourth-order valence-electron chi connectivity index (χ4n) is 1.86. The largest absolute Gasteiger partial charge is 0.475 e. The molecule has 1 aromatic heterocycles. The number of nitrogens with one attached hydrogen (secondary N) is 1. The Hall–Kier alpha value is -2.32. The van der Waals surface area contributed by atoms with E-state index in [9.17, 15) is 14.9 Å². The Morgan fingerprint density at radius 3 is 2.61 bits per heavy atom. The van der Waals surface area contributed by atoms with Crippen molar-refractivity contribution < 1.29 is 19.2 Å². The van der Waals surface area contributed by atoms with Crippen LogP contribution < -0.4 is 10.1 Å². The van der Waals surface area contributed by atoms with Gasteiger partial charge in [-0.1, -0.05) is 0 Å². The second-order valence-electron chi connectivity index (χ2n) is 6.03. The average molecular weight is 328 g/mol. The van der Waals surface area contributed by atoms with Crippen LogP contribution in [-0.4, -0.2) is 40.1 Å². The van der Waals surface area contributed by atoms with Crippen molar-refractivity contribution in [3.8, 4) is 5.88 Å². The third-order valence-electron chi connectivity index (χ3n) is 2.83. The van der Waals surface area contributed by atoms with Crippen LogP contribution in [0.2, 0.25) is 0 Å². The molecule has 0 unspecified atom stereocenters. The van der Waals surface area contributed by atoms with Gasteiger partial charge < -0.3 is 14.8 Å². The summed E-state index contributed by atoms with van der Waals surface area (Å²) in [6, 6.07) is 0. The van der Waals surface area contributed by atoms with E-state index in [1.165, 1.54) is 18.0 Å². The average Bonchev–Trinajstić information content (AvgIpc) is 2.84. The molecule has 0 bridgehead atoms. The lowest BCUT2D eigenvalue weighted by atomic mass is 10.2. The van der Waals surface area contributed by atoms with Gasteiger partial charge in [0, 0.05) is 13.1 Å². The van der Waals surface area contributed by atoms with Gasteiger partial charge in [-0.2, -0.15) is 0 Å². The van der Waals surface area contributed by atoms with Gasteiger partial charge >= 0.3 is 17.7 Å². The lowest BCUT2D eigenvalue weighted by Gasteiger charge is -2.19. The van der Waals surface area contributed by atoms with Crippen molar-refractivity contribution in [2.75, 3.05) is 13.7 Å². The second kappa shape index (κ2) is 8.35. The molecule has 0 spiro atoms. The summed E-state index contributed by atoms with van der Waals surface area (Å²) < 4.78 is 11.5. The number of amides is 1. The number of ether oxygens (including phenoxy) is 2. The van der Waals surface area contributed by atoms with E-state index in [2.05, 4.69) is 10.4 Å². The van der Waals surface area contributed by atoms with Gasteiger partial charge in [0.1, 0.15) is 11.8 Å². The van der Waals surface area contributed by atoms with Crippen LogP contribution in [0.4, 0.5) is 10.5 Å². The molecule has 0 aliphatic heterocycles. The number of carbonyl (C=O) groups excluding carboxylic acids is 1. The molecule has 0 aliphatic carbocycles. The van der Waals surface area contributed by atoms with Crippen molar-refractivity contribution >= 4 is 11.8 Å². The van der Waals surface area contributed by atoms with E-state index in [1.807, 2.05) is 20.8 Å². The maximum Gasteiger partial charge on any atom is 0.407 e. The molecule has 0 saturated carbocycles. The van der Waals surface area contributed by atoms with Crippen molar-refractivity contribution in [1.29, 1.82) is 0 Å². The maximum atomic E-state index is 11.4. The van der Waals surface area contributed by atoms with Crippen LogP contribution in [0.15, 0.2) is 6.20 Å². The lowest BCUT2D eigenvalue weighted by Crippen LogP contribution is -2.33. The van der Waals surface area contributed by atoms with E-state index in [0.29, 0.717) is 13.1 Å². The molecule has 1 N–H and O–H groups in total. The fraction of sp³-hybridized carbons (Fsp3) is 0.714. The zero-order valence-corrected chi connectivity index (χ0v) is 14.0. The Balaban J connectivity index is 2.23. The molecule has 0 saturated heterocycles. The molecule has 0 radical (unpaired) electrons. The van der Waals surface area contributed by atoms with Gasteiger partial charge in [-0.3, -0.25) is 14.8 Å². The molecular weight excluding hydrogens is 304 g/mol. The van der Waals surface area contributed by atoms with Gasteiger partial charge in [0.2, 0.25) is 0 Å². The van der Waals surface area contributed by atoms with Crippen LogP contribution >= 0.6 is 0 Å². The molecule has 0 fully saturated rings. The first kappa shape index (κ1) is 18.7. The van der Waals surface area contributed by atoms with E-state index >= 15 is 0 Å². The number of aromatic nitrogens is 2. The Bertz CT molecular complexity index is 536. The SMILES string of the molecule is COc1nn(CCCCCNC(=O)OC(C)(C)C)cc1[N+](=O)[O-]. The zero-order valence-electron chi connectivity index (χ0n) is 14.0. The minimum atomic E-state index is -0.521. The molecule has 1 amide bonds. The number of unbranched alkanes of at least 4 members (excludes halogenated alkanes) is 2. The predicted molar refractivity (Wildman–Crippen MR) is 83.5 cm³/mol. The molecule has 1 aromatic rings. The van der Waals surface area contributed by atoms with Crippen molar-refractivity contribution in [2.24, 2.45) is 0 Å². The molecule has 1 heterocycles. The molecule has 1 rings (SSSR count). The van der Waals surface area contributed by atoms with Crippen LogP contribution in [0.5, 0.6) is 5.88 Å². The number of alkyl carbamates (subject to hydrolysis) is 1. The normalized spacial score (nSPS) is 11.1. The van der Waals surface area contributed by atoms with E-state index < -0.39 is 16.6 Å². The first-order valence-corrected chi connectivity index (χ1v) is 7.45. The summed E-state index contributed by atoms with van der Waals surface area (Å²) in [5.41, 5.74) is -0.642. The predicted octanol–water partition coefficient (Wildman–Crippen LogP) is 2.49. The highest BCUT2D eigenvalue weighted by molar-refractivity contribution is 5.67. The van der Waals surface area contributed by atoms with Gasteiger partial charge in [-0.15, -0.1) is 5.10 Å². The van der Waals surface area contributed by atoms with Gasteiger partial charge in [-0.25, -0.2) is 4.79 Å². The highest BCUT2D eigenvalue weighted by atomic mass is 16.6. The van der Waals surface area contributed by atoms with Gasteiger partial charge in [0.05, 0.1) is 12.0 Å². The van der Waals surface area contributed by atoms with Crippen LogP contribution in [-0.2, 0) is 11.3 Å². The minimum absolute atomic E-state index is 0.0154. The molecule has 9 heteroatoms. The summed E-state index contributed by atoms with van der Waals surface area (Å²) in [6.45, 7) is 6.51. The summed E-state index contributed by atoms with van der Waals surface area (Å²) in [5, 5.41) is 17.5. The quantitative estimate of drug-likeness (QED) is 0.446. The van der Waals surface area contributed by atoms with E-state index in [1.54, 1.807) is 0 Å². The number of hydrogen-bond donors (Lipinski definition) is 1. The molecule has 23 heavy (non-hydrogen) atoms.